The monoisotopic (exact) mass is 298 g/mol. The molecule has 0 aliphatic rings. The fraction of sp³-hybridized carbons (Fsp3) is 0.200. The molecule has 1 atom stereocenters. The average molecular weight is 298 g/mol. The summed E-state index contributed by atoms with van der Waals surface area (Å²) in [6, 6.07) is 8.86. The minimum atomic E-state index is -1.20. The molecule has 20 heavy (non-hydrogen) atoms. The second kappa shape index (κ2) is 6.33. The first-order valence-electron chi connectivity index (χ1n) is 6.00. The Balaban J connectivity index is 2.11. The molecule has 2 aromatic rings. The zero-order chi connectivity index (χ0) is 14.7. The van der Waals surface area contributed by atoms with Crippen molar-refractivity contribution in [2.24, 2.45) is 0 Å². The van der Waals surface area contributed by atoms with E-state index in [1.54, 1.807) is 18.2 Å². The van der Waals surface area contributed by atoms with Crippen LogP contribution in [0.3, 0.4) is 0 Å². The molecule has 0 amide bonds. The van der Waals surface area contributed by atoms with Gasteiger partial charge in [0.05, 0.1) is 6.10 Å². The molecular weight excluding hydrogens is 285 g/mol. The highest BCUT2D eigenvalue weighted by Crippen LogP contribution is 2.29. The van der Waals surface area contributed by atoms with E-state index in [4.69, 9.17) is 0 Å². The summed E-state index contributed by atoms with van der Waals surface area (Å²) in [6.07, 6.45) is -1.20. The minimum Gasteiger partial charge on any atom is -0.387 e. The molecule has 0 fully saturated rings. The summed E-state index contributed by atoms with van der Waals surface area (Å²) in [4.78, 5) is 0.361. The predicted molar refractivity (Wildman–Crippen MR) is 73.2 cm³/mol. The van der Waals surface area contributed by atoms with Crippen molar-refractivity contribution in [2.75, 3.05) is 5.75 Å². The summed E-state index contributed by atoms with van der Waals surface area (Å²) in [5.41, 5.74) is 0.0668. The molecule has 2 aromatic carbocycles. The van der Waals surface area contributed by atoms with E-state index >= 15 is 0 Å². The van der Waals surface area contributed by atoms with Crippen LogP contribution in [0.1, 0.15) is 17.2 Å². The van der Waals surface area contributed by atoms with Crippen LogP contribution in [-0.2, 0) is 0 Å². The van der Waals surface area contributed by atoms with Crippen molar-refractivity contribution in [3.8, 4) is 0 Å². The molecule has 1 N–H and O–H groups in total. The lowest BCUT2D eigenvalue weighted by molar-refractivity contribution is 0.197. The molecule has 0 radical (unpaired) electrons. The molecule has 0 bridgehead atoms. The Morgan fingerprint density at radius 2 is 1.75 bits per heavy atom. The Bertz CT molecular complexity index is 616. The van der Waals surface area contributed by atoms with Crippen molar-refractivity contribution < 1.29 is 18.3 Å². The maximum atomic E-state index is 13.7. The van der Waals surface area contributed by atoms with Crippen molar-refractivity contribution >= 4 is 11.8 Å². The molecular formula is C15H13F3OS. The van der Waals surface area contributed by atoms with Crippen LogP contribution in [0.5, 0.6) is 0 Å². The van der Waals surface area contributed by atoms with Gasteiger partial charge in [0.25, 0.3) is 0 Å². The highest BCUT2D eigenvalue weighted by atomic mass is 32.2. The zero-order valence-corrected chi connectivity index (χ0v) is 11.6. The third-order valence-electron chi connectivity index (χ3n) is 2.90. The van der Waals surface area contributed by atoms with Gasteiger partial charge in [0.15, 0.2) is 11.6 Å². The molecule has 0 aromatic heterocycles. The van der Waals surface area contributed by atoms with Crippen LogP contribution >= 0.6 is 11.8 Å². The maximum absolute atomic E-state index is 13.7. The number of rotatable bonds is 4. The zero-order valence-electron chi connectivity index (χ0n) is 10.7. The number of hydrogen-bond acceptors (Lipinski definition) is 2. The van der Waals surface area contributed by atoms with E-state index in [2.05, 4.69) is 0 Å². The second-order valence-electron chi connectivity index (χ2n) is 4.36. The van der Waals surface area contributed by atoms with Crippen molar-refractivity contribution in [3.63, 3.8) is 0 Å². The smallest absolute Gasteiger partial charge is 0.164 e. The SMILES string of the molecule is Cc1ccc(C(O)CSc2ccccc2F)c(F)c1F. The lowest BCUT2D eigenvalue weighted by Crippen LogP contribution is -2.06. The van der Waals surface area contributed by atoms with Gasteiger partial charge in [-0.15, -0.1) is 11.8 Å². The molecule has 1 nitrogen and oxygen atoms in total. The molecule has 0 heterocycles. The first kappa shape index (κ1) is 14.9. The molecule has 2 rings (SSSR count). The van der Waals surface area contributed by atoms with Gasteiger partial charge in [0, 0.05) is 16.2 Å². The Labute approximate surface area is 119 Å². The summed E-state index contributed by atoms with van der Waals surface area (Å²) in [7, 11) is 0. The van der Waals surface area contributed by atoms with Crippen LogP contribution in [0.2, 0.25) is 0 Å². The summed E-state index contributed by atoms with van der Waals surface area (Å²) in [5, 5.41) is 9.92. The largest absolute Gasteiger partial charge is 0.387 e. The van der Waals surface area contributed by atoms with Gasteiger partial charge in [0.1, 0.15) is 5.82 Å². The van der Waals surface area contributed by atoms with Crippen LogP contribution in [0, 0.1) is 24.4 Å². The van der Waals surface area contributed by atoms with E-state index in [-0.39, 0.29) is 16.9 Å². The van der Waals surface area contributed by atoms with Crippen LogP contribution in [0.15, 0.2) is 41.3 Å². The number of aryl methyl sites for hydroxylation is 1. The number of benzene rings is 2. The third kappa shape index (κ3) is 3.16. The van der Waals surface area contributed by atoms with Crippen molar-refractivity contribution in [2.45, 2.75) is 17.9 Å². The Hall–Kier alpha value is -1.46. The van der Waals surface area contributed by atoms with Crippen LogP contribution in [0.25, 0.3) is 0 Å². The normalized spacial score (nSPS) is 12.4. The topological polar surface area (TPSA) is 20.2 Å². The van der Waals surface area contributed by atoms with E-state index in [0.29, 0.717) is 4.90 Å². The van der Waals surface area contributed by atoms with Gasteiger partial charge < -0.3 is 5.11 Å². The summed E-state index contributed by atoms with van der Waals surface area (Å²) in [5.74, 6) is -2.37. The molecule has 1 unspecified atom stereocenters. The Kier molecular flexibility index (Phi) is 4.73. The van der Waals surface area contributed by atoms with E-state index in [9.17, 15) is 18.3 Å². The number of aliphatic hydroxyl groups excluding tert-OH is 1. The van der Waals surface area contributed by atoms with Gasteiger partial charge in [-0.1, -0.05) is 24.3 Å². The van der Waals surface area contributed by atoms with E-state index in [0.717, 1.165) is 11.8 Å². The van der Waals surface area contributed by atoms with E-state index < -0.39 is 23.6 Å². The van der Waals surface area contributed by atoms with Crippen molar-refractivity contribution in [1.29, 1.82) is 0 Å². The van der Waals surface area contributed by atoms with Gasteiger partial charge in [-0.05, 0) is 24.6 Å². The molecule has 5 heteroatoms. The third-order valence-corrected chi connectivity index (χ3v) is 4.02. The van der Waals surface area contributed by atoms with Crippen LogP contribution < -0.4 is 0 Å². The van der Waals surface area contributed by atoms with E-state index in [1.165, 1.54) is 25.1 Å². The number of thioether (sulfide) groups is 1. The quantitative estimate of drug-likeness (QED) is 0.852. The molecule has 0 saturated carbocycles. The van der Waals surface area contributed by atoms with E-state index in [1.807, 2.05) is 0 Å². The average Bonchev–Trinajstić information content (AvgIpc) is 2.44. The minimum absolute atomic E-state index is 0.0420. The lowest BCUT2D eigenvalue weighted by atomic mass is 10.1. The predicted octanol–water partition coefficient (Wildman–Crippen LogP) is 4.24. The van der Waals surface area contributed by atoms with Crippen LogP contribution in [0.4, 0.5) is 13.2 Å². The highest BCUT2D eigenvalue weighted by Gasteiger charge is 2.18. The van der Waals surface area contributed by atoms with Gasteiger partial charge in [-0.25, -0.2) is 13.2 Å². The summed E-state index contributed by atoms with van der Waals surface area (Å²) in [6.45, 7) is 1.45. The Morgan fingerprint density at radius 3 is 2.45 bits per heavy atom. The van der Waals surface area contributed by atoms with Crippen molar-refractivity contribution in [1.82, 2.24) is 0 Å². The van der Waals surface area contributed by atoms with Gasteiger partial charge >= 0.3 is 0 Å². The first-order valence-corrected chi connectivity index (χ1v) is 6.99. The number of aliphatic hydroxyl groups is 1. The number of hydrogen-bond donors (Lipinski definition) is 1. The standard InChI is InChI=1S/C15H13F3OS/c1-9-6-7-10(15(18)14(9)17)12(19)8-20-13-5-3-2-4-11(13)16/h2-7,12,19H,8H2,1H3. The molecule has 0 aliphatic heterocycles. The molecule has 0 aliphatic carbocycles. The molecule has 0 spiro atoms. The second-order valence-corrected chi connectivity index (χ2v) is 5.42. The van der Waals surface area contributed by atoms with Crippen molar-refractivity contribution in [3.05, 3.63) is 65.0 Å². The molecule has 106 valence electrons. The highest BCUT2D eigenvalue weighted by molar-refractivity contribution is 7.99. The maximum Gasteiger partial charge on any atom is 0.164 e. The fourth-order valence-electron chi connectivity index (χ4n) is 1.74. The summed E-state index contributed by atoms with van der Waals surface area (Å²) >= 11 is 1.05. The Morgan fingerprint density at radius 1 is 1.05 bits per heavy atom. The lowest BCUT2D eigenvalue weighted by Gasteiger charge is -2.13. The first-order chi connectivity index (χ1) is 9.50. The molecule has 0 saturated heterocycles. The summed E-state index contributed by atoms with van der Waals surface area (Å²) < 4.78 is 40.5. The van der Waals surface area contributed by atoms with Gasteiger partial charge in [-0.2, -0.15) is 0 Å². The fourth-order valence-corrected chi connectivity index (χ4v) is 2.64. The van der Waals surface area contributed by atoms with Crippen LogP contribution in [-0.4, -0.2) is 10.9 Å². The number of halogens is 3. The van der Waals surface area contributed by atoms with Gasteiger partial charge in [0.2, 0.25) is 0 Å². The van der Waals surface area contributed by atoms with Gasteiger partial charge in [-0.3, -0.25) is 0 Å².